The number of primary sulfonamides is 1. The van der Waals surface area contributed by atoms with Crippen molar-refractivity contribution in [3.63, 3.8) is 0 Å². The van der Waals surface area contributed by atoms with E-state index in [1.807, 2.05) is 12.1 Å². The largest absolute Gasteiger partial charge is 0.371 e. The summed E-state index contributed by atoms with van der Waals surface area (Å²) < 4.78 is 22.5. The highest BCUT2D eigenvalue weighted by Gasteiger charge is 2.20. The topological polar surface area (TPSA) is 75.4 Å². The molecule has 0 spiro atoms. The number of nitrogens with one attached hydrogen (secondary N) is 1. The van der Waals surface area contributed by atoms with Crippen LogP contribution < -0.4 is 15.4 Å². The number of piperidine rings is 1. The molecule has 0 aromatic heterocycles. The molecule has 1 heterocycles. The minimum atomic E-state index is -3.60. The second-order valence-electron chi connectivity index (χ2n) is 5.30. The van der Waals surface area contributed by atoms with Gasteiger partial charge >= 0.3 is 0 Å². The first kappa shape index (κ1) is 15.3. The van der Waals surface area contributed by atoms with E-state index in [9.17, 15) is 8.42 Å². The van der Waals surface area contributed by atoms with Gasteiger partial charge in [-0.3, -0.25) is 0 Å². The lowest BCUT2D eigenvalue weighted by Gasteiger charge is -2.34. The van der Waals surface area contributed by atoms with Crippen LogP contribution in [0.3, 0.4) is 0 Å². The summed E-state index contributed by atoms with van der Waals surface area (Å²) in [4.78, 5) is 2.49. The smallest absolute Gasteiger partial charge is 0.238 e. The average molecular weight is 297 g/mol. The van der Waals surface area contributed by atoms with Gasteiger partial charge < -0.3 is 10.2 Å². The van der Waals surface area contributed by atoms with Crippen molar-refractivity contribution < 1.29 is 8.42 Å². The van der Waals surface area contributed by atoms with Gasteiger partial charge in [0.2, 0.25) is 10.0 Å². The first-order valence-corrected chi connectivity index (χ1v) is 8.64. The van der Waals surface area contributed by atoms with Crippen molar-refractivity contribution in [3.8, 4) is 0 Å². The molecule has 112 valence electrons. The molecule has 20 heavy (non-hydrogen) atoms. The summed E-state index contributed by atoms with van der Waals surface area (Å²) in [5, 5.41) is 8.51. The number of rotatable bonds is 5. The first-order chi connectivity index (χ1) is 9.50. The van der Waals surface area contributed by atoms with Gasteiger partial charge in [0.25, 0.3) is 0 Å². The number of nitrogens with two attached hydrogens (primary N) is 1. The van der Waals surface area contributed by atoms with E-state index >= 15 is 0 Å². The Balaban J connectivity index is 2.04. The molecular formula is C14H23N3O2S. The van der Waals surface area contributed by atoms with Gasteiger partial charge in [-0.15, -0.1) is 0 Å². The third kappa shape index (κ3) is 3.94. The molecule has 1 saturated heterocycles. The molecule has 1 unspecified atom stereocenters. The molecule has 2 rings (SSSR count). The maximum atomic E-state index is 11.2. The van der Waals surface area contributed by atoms with Gasteiger partial charge in [0, 0.05) is 18.8 Å². The molecule has 0 saturated carbocycles. The van der Waals surface area contributed by atoms with Gasteiger partial charge in [0.05, 0.1) is 4.90 Å². The molecule has 1 atom stereocenters. The van der Waals surface area contributed by atoms with Crippen LogP contribution in [0, 0.1) is 5.92 Å². The van der Waals surface area contributed by atoms with Crippen molar-refractivity contribution in [2.45, 2.75) is 24.7 Å². The minimum absolute atomic E-state index is 0.169. The summed E-state index contributed by atoms with van der Waals surface area (Å²) in [6.45, 7) is 6.20. The summed E-state index contributed by atoms with van der Waals surface area (Å²) in [6, 6.07) is 6.85. The number of benzene rings is 1. The maximum absolute atomic E-state index is 11.2. The predicted octanol–water partition coefficient (Wildman–Crippen LogP) is 1.16. The van der Waals surface area contributed by atoms with Crippen LogP contribution in [-0.4, -0.2) is 34.6 Å². The Morgan fingerprint density at radius 3 is 2.65 bits per heavy atom. The maximum Gasteiger partial charge on any atom is 0.238 e. The number of hydrogen-bond acceptors (Lipinski definition) is 4. The zero-order valence-electron chi connectivity index (χ0n) is 11.9. The third-order valence-electron chi connectivity index (χ3n) is 3.73. The second kappa shape index (κ2) is 6.56. The molecule has 1 aliphatic rings. The van der Waals surface area contributed by atoms with Crippen molar-refractivity contribution in [3.05, 3.63) is 24.3 Å². The van der Waals surface area contributed by atoms with Gasteiger partial charge in [-0.25, -0.2) is 13.6 Å². The zero-order valence-corrected chi connectivity index (χ0v) is 12.7. The Labute approximate surface area is 121 Å². The van der Waals surface area contributed by atoms with E-state index in [2.05, 4.69) is 17.1 Å². The van der Waals surface area contributed by atoms with Crippen molar-refractivity contribution in [1.29, 1.82) is 0 Å². The van der Waals surface area contributed by atoms with Crippen molar-refractivity contribution in [2.24, 2.45) is 11.1 Å². The van der Waals surface area contributed by atoms with Crippen LogP contribution in [0.15, 0.2) is 29.2 Å². The lowest BCUT2D eigenvalue weighted by molar-refractivity contribution is 0.395. The fourth-order valence-corrected chi connectivity index (χ4v) is 3.18. The molecular weight excluding hydrogens is 274 g/mol. The average Bonchev–Trinajstić information content (AvgIpc) is 2.45. The van der Waals surface area contributed by atoms with E-state index in [0.29, 0.717) is 5.92 Å². The van der Waals surface area contributed by atoms with E-state index in [1.165, 1.54) is 12.8 Å². The molecule has 6 heteroatoms. The fraction of sp³-hybridized carbons (Fsp3) is 0.571. The fourth-order valence-electron chi connectivity index (χ4n) is 2.66. The number of hydrogen-bond donors (Lipinski definition) is 2. The van der Waals surface area contributed by atoms with Crippen LogP contribution in [0.5, 0.6) is 0 Å². The Bertz CT molecular complexity index is 528. The summed E-state index contributed by atoms with van der Waals surface area (Å²) >= 11 is 0. The van der Waals surface area contributed by atoms with Gasteiger partial charge in [0.1, 0.15) is 0 Å². The second-order valence-corrected chi connectivity index (χ2v) is 6.86. The SMILES string of the molecule is CCNCC1CCCN(c2ccc(S(N)(=O)=O)cc2)C1. The number of anilines is 1. The van der Waals surface area contributed by atoms with Crippen LogP contribution in [0.25, 0.3) is 0 Å². The normalized spacial score (nSPS) is 20.1. The van der Waals surface area contributed by atoms with Crippen LogP contribution in [0.1, 0.15) is 19.8 Å². The first-order valence-electron chi connectivity index (χ1n) is 7.09. The highest BCUT2D eigenvalue weighted by Crippen LogP contribution is 2.24. The zero-order chi connectivity index (χ0) is 14.6. The quantitative estimate of drug-likeness (QED) is 0.855. The van der Waals surface area contributed by atoms with Crippen LogP contribution >= 0.6 is 0 Å². The van der Waals surface area contributed by atoms with Gasteiger partial charge in [-0.05, 0) is 56.1 Å². The summed E-state index contributed by atoms with van der Waals surface area (Å²) in [5.74, 6) is 0.654. The van der Waals surface area contributed by atoms with E-state index in [-0.39, 0.29) is 4.90 Å². The Morgan fingerprint density at radius 1 is 1.35 bits per heavy atom. The van der Waals surface area contributed by atoms with E-state index < -0.39 is 10.0 Å². The molecule has 3 N–H and O–H groups in total. The number of sulfonamides is 1. The van der Waals surface area contributed by atoms with Gasteiger partial charge in [-0.2, -0.15) is 0 Å². The van der Waals surface area contributed by atoms with Gasteiger partial charge in [-0.1, -0.05) is 6.92 Å². The Morgan fingerprint density at radius 2 is 2.05 bits per heavy atom. The van der Waals surface area contributed by atoms with E-state index in [1.54, 1.807) is 12.1 Å². The number of nitrogens with zero attached hydrogens (tertiary/aromatic N) is 1. The van der Waals surface area contributed by atoms with Crippen LogP contribution in [0.4, 0.5) is 5.69 Å². The molecule has 1 fully saturated rings. The highest BCUT2D eigenvalue weighted by molar-refractivity contribution is 7.89. The molecule has 0 amide bonds. The molecule has 1 aliphatic heterocycles. The monoisotopic (exact) mass is 297 g/mol. The molecule has 5 nitrogen and oxygen atoms in total. The summed E-state index contributed by atoms with van der Waals surface area (Å²) in [7, 11) is -3.60. The third-order valence-corrected chi connectivity index (χ3v) is 4.66. The Hall–Kier alpha value is -1.11. The molecule has 0 radical (unpaired) electrons. The lowest BCUT2D eigenvalue weighted by Crippen LogP contribution is -2.39. The van der Waals surface area contributed by atoms with E-state index in [4.69, 9.17) is 5.14 Å². The summed E-state index contributed by atoms with van der Waals surface area (Å²) in [5.41, 5.74) is 1.07. The highest BCUT2D eigenvalue weighted by atomic mass is 32.2. The molecule has 1 aromatic rings. The predicted molar refractivity (Wildman–Crippen MR) is 81.3 cm³/mol. The molecule has 0 aliphatic carbocycles. The minimum Gasteiger partial charge on any atom is -0.371 e. The Kier molecular flexibility index (Phi) is 5.01. The summed E-state index contributed by atoms with van der Waals surface area (Å²) in [6.07, 6.45) is 2.42. The van der Waals surface area contributed by atoms with Crippen LogP contribution in [-0.2, 0) is 10.0 Å². The van der Waals surface area contributed by atoms with Crippen molar-refractivity contribution in [1.82, 2.24) is 5.32 Å². The van der Waals surface area contributed by atoms with Gasteiger partial charge in [0.15, 0.2) is 0 Å². The van der Waals surface area contributed by atoms with Crippen molar-refractivity contribution >= 4 is 15.7 Å². The standard InChI is InChI=1S/C14H23N3O2S/c1-2-16-10-12-4-3-9-17(11-12)13-5-7-14(8-6-13)20(15,18)19/h5-8,12,16H,2-4,9-11H2,1H3,(H2,15,18,19). The lowest BCUT2D eigenvalue weighted by atomic mass is 9.97. The van der Waals surface area contributed by atoms with Crippen LogP contribution in [0.2, 0.25) is 0 Å². The van der Waals surface area contributed by atoms with E-state index in [0.717, 1.165) is 31.9 Å². The van der Waals surface area contributed by atoms with Crippen molar-refractivity contribution in [2.75, 3.05) is 31.1 Å². The molecule has 1 aromatic carbocycles. The molecule has 0 bridgehead atoms.